The van der Waals surface area contributed by atoms with Gasteiger partial charge in [-0.2, -0.15) is 26.3 Å². The van der Waals surface area contributed by atoms with Crippen LogP contribution in [0.25, 0.3) is 10.6 Å². The Hall–Kier alpha value is -3.26. The molecule has 1 aromatic carbocycles. The fourth-order valence-corrected chi connectivity index (χ4v) is 4.85. The van der Waals surface area contributed by atoms with E-state index in [1.54, 1.807) is 25.3 Å². The zero-order chi connectivity index (χ0) is 28.4. The molecule has 1 aliphatic heterocycles. The molecule has 3 aromatic rings. The van der Waals surface area contributed by atoms with Crippen LogP contribution < -0.4 is 10.1 Å². The first kappa shape index (κ1) is 28.7. The Bertz CT molecular complexity index is 1290. The number of halogens is 6. The van der Waals surface area contributed by atoms with E-state index in [0.29, 0.717) is 35.4 Å². The first-order chi connectivity index (χ1) is 18.3. The molecule has 1 aliphatic rings. The predicted molar refractivity (Wildman–Crippen MR) is 131 cm³/mol. The minimum Gasteiger partial charge on any atom is -0.490 e. The van der Waals surface area contributed by atoms with Crippen molar-refractivity contribution < 1.29 is 35.9 Å². The molecule has 4 rings (SSSR count). The van der Waals surface area contributed by atoms with E-state index in [2.05, 4.69) is 20.3 Å². The molecular formula is C25H25F6N5O2S. The SMILES string of the molecule is Cc1cnc(-c2cc(OC3CCN(CC(F)(F)F)CC3)cc(C(=O)N[C@H](C)c3cnc(C(F)(F)F)cn3)c2)s1. The number of nitrogens with zero attached hydrogens (tertiary/aromatic N) is 4. The smallest absolute Gasteiger partial charge is 0.434 e. The molecule has 1 amide bonds. The number of piperidine rings is 1. The summed E-state index contributed by atoms with van der Waals surface area (Å²) in [5.74, 6) is -0.161. The molecule has 210 valence electrons. The van der Waals surface area contributed by atoms with Gasteiger partial charge in [0.05, 0.1) is 30.7 Å². The van der Waals surface area contributed by atoms with Crippen LogP contribution in [0.4, 0.5) is 26.3 Å². The largest absolute Gasteiger partial charge is 0.490 e. The summed E-state index contributed by atoms with van der Waals surface area (Å²) in [5.41, 5.74) is -0.156. The molecule has 0 spiro atoms. The number of aryl methyl sites for hydroxylation is 1. The number of benzene rings is 1. The zero-order valence-corrected chi connectivity index (χ0v) is 21.8. The highest BCUT2D eigenvalue weighted by atomic mass is 32.1. The van der Waals surface area contributed by atoms with Crippen LogP contribution in [0.5, 0.6) is 5.75 Å². The van der Waals surface area contributed by atoms with Gasteiger partial charge in [-0.1, -0.05) is 0 Å². The summed E-state index contributed by atoms with van der Waals surface area (Å²) in [6, 6.07) is 4.12. The number of thiazole rings is 1. The number of alkyl halides is 6. The van der Waals surface area contributed by atoms with Crippen molar-refractivity contribution in [2.24, 2.45) is 0 Å². The monoisotopic (exact) mass is 573 g/mol. The van der Waals surface area contributed by atoms with E-state index in [1.165, 1.54) is 22.3 Å². The van der Waals surface area contributed by atoms with Crippen LogP contribution >= 0.6 is 11.3 Å². The van der Waals surface area contributed by atoms with E-state index in [9.17, 15) is 31.1 Å². The lowest BCUT2D eigenvalue weighted by Crippen LogP contribution is -2.42. The second-order valence-electron chi connectivity index (χ2n) is 9.25. The minimum absolute atomic E-state index is 0.144. The van der Waals surface area contributed by atoms with Crippen LogP contribution in [0.1, 0.15) is 52.4 Å². The maximum Gasteiger partial charge on any atom is 0.434 e. The number of amides is 1. The number of nitrogens with one attached hydrogen (secondary N) is 1. The number of aromatic nitrogens is 3. The van der Waals surface area contributed by atoms with Crippen LogP contribution in [0.3, 0.4) is 0 Å². The molecule has 0 saturated carbocycles. The fourth-order valence-electron chi connectivity index (χ4n) is 4.10. The molecule has 1 N–H and O–H groups in total. The van der Waals surface area contributed by atoms with Gasteiger partial charge in [0.1, 0.15) is 16.9 Å². The third kappa shape index (κ3) is 7.88. The average molecular weight is 574 g/mol. The van der Waals surface area contributed by atoms with Crippen molar-refractivity contribution in [3.63, 3.8) is 0 Å². The number of carbonyl (C=O) groups excluding carboxylic acids is 1. The molecule has 0 aliphatic carbocycles. The molecule has 0 radical (unpaired) electrons. The Morgan fingerprint density at radius 3 is 2.36 bits per heavy atom. The van der Waals surface area contributed by atoms with Crippen molar-refractivity contribution >= 4 is 17.2 Å². The van der Waals surface area contributed by atoms with Gasteiger partial charge in [-0.25, -0.2) is 9.97 Å². The van der Waals surface area contributed by atoms with Crippen molar-refractivity contribution in [3.8, 4) is 16.3 Å². The molecule has 1 saturated heterocycles. The molecule has 7 nitrogen and oxygen atoms in total. The number of likely N-dealkylation sites (tertiary alicyclic amines) is 1. The van der Waals surface area contributed by atoms with Gasteiger partial charge in [0.25, 0.3) is 5.91 Å². The quantitative estimate of drug-likeness (QED) is 0.359. The summed E-state index contributed by atoms with van der Waals surface area (Å²) in [5, 5.41) is 3.35. The Morgan fingerprint density at radius 2 is 1.79 bits per heavy atom. The van der Waals surface area contributed by atoms with Gasteiger partial charge in [-0.3, -0.25) is 14.7 Å². The molecule has 39 heavy (non-hydrogen) atoms. The molecule has 1 atom stereocenters. The number of hydrogen-bond acceptors (Lipinski definition) is 7. The summed E-state index contributed by atoms with van der Waals surface area (Å²) >= 11 is 1.41. The highest BCUT2D eigenvalue weighted by molar-refractivity contribution is 7.14. The number of rotatable bonds is 7. The van der Waals surface area contributed by atoms with Gasteiger partial charge in [0.15, 0.2) is 5.69 Å². The number of hydrogen-bond donors (Lipinski definition) is 1. The third-order valence-corrected chi connectivity index (χ3v) is 6.99. The fraction of sp³-hybridized carbons (Fsp3) is 0.440. The average Bonchev–Trinajstić information content (AvgIpc) is 3.30. The second-order valence-corrected chi connectivity index (χ2v) is 10.5. The van der Waals surface area contributed by atoms with Crippen molar-refractivity contribution in [1.29, 1.82) is 0 Å². The topological polar surface area (TPSA) is 80.2 Å². The van der Waals surface area contributed by atoms with Crippen LogP contribution in [0, 0.1) is 6.92 Å². The Kier molecular flexibility index (Phi) is 8.45. The number of carbonyl (C=O) groups is 1. The lowest BCUT2D eigenvalue weighted by atomic mass is 10.1. The number of ether oxygens (including phenoxy) is 1. The van der Waals surface area contributed by atoms with Crippen LogP contribution in [-0.4, -0.2) is 57.7 Å². The van der Waals surface area contributed by atoms with Crippen molar-refractivity contribution in [1.82, 2.24) is 25.2 Å². The maximum absolute atomic E-state index is 13.1. The third-order valence-electron chi connectivity index (χ3n) is 6.03. The van der Waals surface area contributed by atoms with Gasteiger partial charge in [0.2, 0.25) is 0 Å². The van der Waals surface area contributed by atoms with Crippen molar-refractivity contribution in [2.75, 3.05) is 19.6 Å². The van der Waals surface area contributed by atoms with Gasteiger partial charge in [-0.15, -0.1) is 11.3 Å². The molecule has 0 unspecified atom stereocenters. The van der Waals surface area contributed by atoms with Crippen LogP contribution in [0.15, 0.2) is 36.8 Å². The van der Waals surface area contributed by atoms with E-state index >= 15 is 0 Å². The Labute approximate surface area is 224 Å². The zero-order valence-electron chi connectivity index (χ0n) is 20.9. The van der Waals surface area contributed by atoms with E-state index in [1.807, 2.05) is 6.92 Å². The van der Waals surface area contributed by atoms with Crippen molar-refractivity contribution in [2.45, 2.75) is 51.2 Å². The van der Waals surface area contributed by atoms with Crippen LogP contribution in [0.2, 0.25) is 0 Å². The first-order valence-corrected chi connectivity index (χ1v) is 12.8. The lowest BCUT2D eigenvalue weighted by molar-refractivity contribution is -0.149. The van der Waals surface area contributed by atoms with Gasteiger partial charge < -0.3 is 10.1 Å². The van der Waals surface area contributed by atoms with Gasteiger partial charge in [0, 0.05) is 35.3 Å². The van der Waals surface area contributed by atoms with Gasteiger partial charge in [-0.05, 0) is 44.9 Å². The standard InChI is InChI=1S/C25H25F6N5O2S/c1-14-10-34-23(39-14)17-7-16(22(37)35-15(2)20-11-33-21(12-32-20)25(29,30)31)8-19(9-17)38-18-3-5-36(6-4-18)13-24(26,27)28/h7-12,15,18H,3-6,13H2,1-2H3,(H,35,37)/t15-/m1/s1. The molecule has 14 heteroatoms. The minimum atomic E-state index is -4.63. The Morgan fingerprint density at radius 1 is 1.08 bits per heavy atom. The first-order valence-electron chi connectivity index (χ1n) is 12.0. The molecule has 2 aromatic heterocycles. The highest BCUT2D eigenvalue weighted by Gasteiger charge is 2.34. The molecular weight excluding hydrogens is 548 g/mol. The van der Waals surface area contributed by atoms with Crippen LogP contribution in [-0.2, 0) is 6.18 Å². The Balaban J connectivity index is 1.50. The molecule has 3 heterocycles. The molecule has 0 bridgehead atoms. The second kappa shape index (κ2) is 11.5. The van der Waals surface area contributed by atoms with E-state index in [-0.39, 0.29) is 30.5 Å². The molecule has 1 fully saturated rings. The summed E-state index contributed by atoms with van der Waals surface area (Å²) in [6.07, 6.45) is -5.19. The maximum atomic E-state index is 13.1. The summed E-state index contributed by atoms with van der Waals surface area (Å²) < 4.78 is 82.6. The highest BCUT2D eigenvalue weighted by Crippen LogP contribution is 2.32. The predicted octanol–water partition coefficient (Wildman–Crippen LogP) is 5.82. The van der Waals surface area contributed by atoms with E-state index in [0.717, 1.165) is 11.1 Å². The van der Waals surface area contributed by atoms with Gasteiger partial charge >= 0.3 is 12.4 Å². The lowest BCUT2D eigenvalue weighted by Gasteiger charge is -2.32. The van der Waals surface area contributed by atoms with E-state index < -0.39 is 36.5 Å². The summed E-state index contributed by atoms with van der Waals surface area (Å²) in [4.78, 5) is 26.9. The summed E-state index contributed by atoms with van der Waals surface area (Å²) in [7, 11) is 0. The normalized spacial score (nSPS) is 16.2. The van der Waals surface area contributed by atoms with E-state index in [4.69, 9.17) is 4.74 Å². The van der Waals surface area contributed by atoms with Crippen molar-refractivity contribution in [3.05, 3.63) is 58.6 Å². The summed E-state index contributed by atoms with van der Waals surface area (Å²) in [6.45, 7) is 2.94.